The molecule has 108 valence electrons. The smallest absolute Gasteiger partial charge is 0.310 e. The number of nitrogens with zero attached hydrogens (tertiary/aromatic N) is 1. The lowest BCUT2D eigenvalue weighted by atomic mass is 9.77. The van der Waals surface area contributed by atoms with Gasteiger partial charge in [-0.25, -0.2) is 0 Å². The Bertz CT molecular complexity index is 683. The molecule has 0 unspecified atom stereocenters. The van der Waals surface area contributed by atoms with Gasteiger partial charge < -0.3 is 14.7 Å². The Morgan fingerprint density at radius 1 is 1.48 bits per heavy atom. The second kappa shape index (κ2) is 3.95. The maximum absolute atomic E-state index is 12.7. The number of ether oxygens (including phenoxy) is 1. The van der Waals surface area contributed by atoms with E-state index in [1.54, 1.807) is 11.0 Å². The molecule has 5 nitrogen and oxygen atoms in total. The molecule has 1 spiro atoms. The first-order valence-electron chi connectivity index (χ1n) is 7.00. The molecule has 1 amide bonds. The summed E-state index contributed by atoms with van der Waals surface area (Å²) < 4.78 is 5.86. The molecule has 1 aromatic carbocycles. The third kappa shape index (κ3) is 1.55. The molecule has 4 rings (SSSR count). The van der Waals surface area contributed by atoms with E-state index in [9.17, 15) is 14.7 Å². The van der Waals surface area contributed by atoms with Crippen LogP contribution < -0.4 is 4.90 Å². The molecule has 0 aliphatic carbocycles. The second-order valence-corrected chi connectivity index (χ2v) is 6.00. The first-order chi connectivity index (χ1) is 10.0. The fourth-order valence-corrected chi connectivity index (χ4v) is 3.79. The molecule has 0 saturated carbocycles. The van der Waals surface area contributed by atoms with Gasteiger partial charge in [0.25, 0.3) is 0 Å². The van der Waals surface area contributed by atoms with E-state index in [1.807, 2.05) is 37.3 Å². The van der Waals surface area contributed by atoms with Crippen molar-refractivity contribution in [3.05, 3.63) is 42.0 Å². The van der Waals surface area contributed by atoms with Crippen LogP contribution in [0, 0.1) is 18.8 Å². The Balaban J connectivity index is 1.75. The molecular weight excluding hydrogens is 270 g/mol. The van der Waals surface area contributed by atoms with Crippen molar-refractivity contribution >= 4 is 17.6 Å². The van der Waals surface area contributed by atoms with Gasteiger partial charge in [-0.3, -0.25) is 9.59 Å². The second-order valence-electron chi connectivity index (χ2n) is 6.00. The van der Waals surface area contributed by atoms with Crippen molar-refractivity contribution in [1.82, 2.24) is 0 Å². The first kappa shape index (κ1) is 12.6. The van der Waals surface area contributed by atoms with Crippen LogP contribution >= 0.6 is 0 Å². The summed E-state index contributed by atoms with van der Waals surface area (Å²) in [7, 11) is 0. The predicted molar refractivity (Wildman–Crippen MR) is 74.9 cm³/mol. The molecule has 3 aliphatic heterocycles. The van der Waals surface area contributed by atoms with Crippen molar-refractivity contribution in [2.24, 2.45) is 11.8 Å². The van der Waals surface area contributed by atoms with Gasteiger partial charge in [0.15, 0.2) is 0 Å². The number of fused-ring (bicyclic) bond motifs is 1. The summed E-state index contributed by atoms with van der Waals surface area (Å²) in [6.07, 6.45) is 3.17. The molecule has 4 atom stereocenters. The molecule has 2 bridgehead atoms. The number of hydrogen-bond acceptors (Lipinski definition) is 3. The maximum Gasteiger partial charge on any atom is 0.310 e. The number of carboxylic acid groups (broad SMARTS) is 1. The number of amides is 1. The van der Waals surface area contributed by atoms with Gasteiger partial charge in [-0.2, -0.15) is 0 Å². The molecule has 1 aromatic rings. The van der Waals surface area contributed by atoms with E-state index in [0.29, 0.717) is 6.54 Å². The highest BCUT2D eigenvalue weighted by Crippen LogP contribution is 2.52. The van der Waals surface area contributed by atoms with Gasteiger partial charge in [0.2, 0.25) is 5.91 Å². The van der Waals surface area contributed by atoms with E-state index in [-0.39, 0.29) is 5.91 Å². The van der Waals surface area contributed by atoms with Gasteiger partial charge >= 0.3 is 5.97 Å². The molecule has 0 radical (unpaired) electrons. The number of aryl methyl sites for hydroxylation is 1. The average Bonchev–Trinajstić information content (AvgIpc) is 3.07. The third-order valence-corrected chi connectivity index (χ3v) is 4.70. The minimum atomic E-state index is -0.962. The van der Waals surface area contributed by atoms with Crippen LogP contribution in [-0.4, -0.2) is 35.2 Å². The lowest BCUT2D eigenvalue weighted by molar-refractivity contribution is -0.146. The number of carbonyl (C=O) groups is 2. The topological polar surface area (TPSA) is 66.8 Å². The molecule has 3 aliphatic rings. The van der Waals surface area contributed by atoms with Gasteiger partial charge in [-0.1, -0.05) is 24.3 Å². The summed E-state index contributed by atoms with van der Waals surface area (Å²) in [4.78, 5) is 25.9. The predicted octanol–water partition coefficient (Wildman–Crippen LogP) is 1.37. The lowest BCUT2D eigenvalue weighted by Crippen LogP contribution is -2.39. The Morgan fingerprint density at radius 2 is 2.29 bits per heavy atom. The van der Waals surface area contributed by atoms with Crippen LogP contribution in [0.5, 0.6) is 0 Å². The van der Waals surface area contributed by atoms with Crippen molar-refractivity contribution in [1.29, 1.82) is 0 Å². The molecule has 21 heavy (non-hydrogen) atoms. The van der Waals surface area contributed by atoms with Crippen molar-refractivity contribution in [3.8, 4) is 0 Å². The van der Waals surface area contributed by atoms with Crippen LogP contribution in [0.3, 0.4) is 0 Å². The largest absolute Gasteiger partial charge is 0.481 e. The molecule has 0 aromatic heterocycles. The van der Waals surface area contributed by atoms with Gasteiger partial charge in [-0.15, -0.1) is 0 Å². The zero-order chi connectivity index (χ0) is 14.8. The Kier molecular flexibility index (Phi) is 2.37. The lowest BCUT2D eigenvalue weighted by Gasteiger charge is -2.21. The van der Waals surface area contributed by atoms with Gasteiger partial charge in [-0.05, 0) is 24.6 Å². The van der Waals surface area contributed by atoms with E-state index >= 15 is 0 Å². The van der Waals surface area contributed by atoms with E-state index in [2.05, 4.69) is 0 Å². The van der Waals surface area contributed by atoms with Crippen LogP contribution in [0.25, 0.3) is 0 Å². The molecule has 2 saturated heterocycles. The van der Waals surface area contributed by atoms with Crippen molar-refractivity contribution in [2.75, 3.05) is 11.4 Å². The van der Waals surface area contributed by atoms with Gasteiger partial charge in [0.05, 0.1) is 18.6 Å². The zero-order valence-corrected chi connectivity index (χ0v) is 11.5. The normalized spacial score (nSPS) is 36.3. The van der Waals surface area contributed by atoms with Crippen LogP contribution in [-0.2, 0) is 14.3 Å². The summed E-state index contributed by atoms with van der Waals surface area (Å²) in [5.74, 6) is -2.52. The van der Waals surface area contributed by atoms with Gasteiger partial charge in [0.1, 0.15) is 11.5 Å². The Labute approximate surface area is 121 Å². The molecule has 1 N–H and O–H groups in total. The summed E-state index contributed by atoms with van der Waals surface area (Å²) in [6, 6.07) is 7.66. The van der Waals surface area contributed by atoms with Crippen molar-refractivity contribution < 1.29 is 19.4 Å². The van der Waals surface area contributed by atoms with Crippen LogP contribution in [0.4, 0.5) is 5.69 Å². The number of aliphatic carboxylic acids is 1. The van der Waals surface area contributed by atoms with E-state index in [0.717, 1.165) is 11.3 Å². The standard InChI is InChI=1S/C16H15NO4/c1-9-3-2-4-10(7-9)17-8-16-6-5-11(21-16)12(15(19)20)13(16)14(17)18/h2-7,11-13H,8H2,1H3,(H,19,20)/t11-,12+,13+,16-/m0/s1. The van der Waals surface area contributed by atoms with Crippen molar-refractivity contribution in [3.63, 3.8) is 0 Å². The molecule has 3 heterocycles. The number of hydrogen-bond donors (Lipinski definition) is 1. The minimum Gasteiger partial charge on any atom is -0.481 e. The number of rotatable bonds is 2. The molecular formula is C16H15NO4. The SMILES string of the molecule is Cc1cccc(N2C[C@]34C=C[C@H](O3)[C@@H](C(=O)O)[C@@H]4C2=O)c1. The highest BCUT2D eigenvalue weighted by molar-refractivity contribution is 6.02. The molecule has 2 fully saturated rings. The van der Waals surface area contributed by atoms with E-state index in [4.69, 9.17) is 4.74 Å². The Morgan fingerprint density at radius 3 is 3.00 bits per heavy atom. The number of carbonyl (C=O) groups excluding carboxylic acids is 1. The quantitative estimate of drug-likeness (QED) is 0.833. The number of carboxylic acids is 1. The third-order valence-electron chi connectivity index (χ3n) is 4.70. The highest BCUT2D eigenvalue weighted by Gasteiger charge is 2.67. The summed E-state index contributed by atoms with van der Waals surface area (Å²) in [5, 5.41) is 9.41. The van der Waals surface area contributed by atoms with Crippen LogP contribution in [0.1, 0.15) is 5.56 Å². The maximum atomic E-state index is 12.7. The van der Waals surface area contributed by atoms with E-state index in [1.165, 1.54) is 0 Å². The highest BCUT2D eigenvalue weighted by atomic mass is 16.5. The fourth-order valence-electron chi connectivity index (χ4n) is 3.79. The summed E-state index contributed by atoms with van der Waals surface area (Å²) >= 11 is 0. The molecule has 5 heteroatoms. The van der Waals surface area contributed by atoms with E-state index < -0.39 is 29.5 Å². The van der Waals surface area contributed by atoms with Crippen LogP contribution in [0.15, 0.2) is 36.4 Å². The average molecular weight is 285 g/mol. The Hall–Kier alpha value is -2.14. The zero-order valence-electron chi connectivity index (χ0n) is 11.5. The first-order valence-corrected chi connectivity index (χ1v) is 7.00. The van der Waals surface area contributed by atoms with Gasteiger partial charge in [0, 0.05) is 5.69 Å². The summed E-state index contributed by atoms with van der Waals surface area (Å²) in [6.45, 7) is 2.35. The fraction of sp³-hybridized carbons (Fsp3) is 0.375. The van der Waals surface area contributed by atoms with Crippen molar-refractivity contribution in [2.45, 2.75) is 18.6 Å². The monoisotopic (exact) mass is 285 g/mol. The van der Waals surface area contributed by atoms with Crippen LogP contribution in [0.2, 0.25) is 0 Å². The minimum absolute atomic E-state index is 0.153. The summed E-state index contributed by atoms with van der Waals surface area (Å²) in [5.41, 5.74) is 1.09. The number of benzene rings is 1. The number of anilines is 1.